The summed E-state index contributed by atoms with van der Waals surface area (Å²) in [6.07, 6.45) is 0.530. The lowest BCUT2D eigenvalue weighted by atomic mass is 10.1. The maximum absolute atomic E-state index is 11.9. The van der Waals surface area contributed by atoms with Crippen LogP contribution in [0.25, 0.3) is 0 Å². The minimum absolute atomic E-state index is 0.208. The maximum atomic E-state index is 11.9. The lowest BCUT2D eigenvalue weighted by molar-refractivity contribution is -0.126. The van der Waals surface area contributed by atoms with Gasteiger partial charge in [-0.3, -0.25) is 9.59 Å². The highest BCUT2D eigenvalue weighted by Gasteiger charge is 2.11. The standard InChI is InChI=1S/C18H19ClN2O2/c1-13-15(19)8-5-9-16(13)21-18(23)12-17(22)20-11-10-14-6-3-2-4-7-14/h2-9H,10-12H2,1H3,(H,20,22)(H,21,23). The van der Waals surface area contributed by atoms with Gasteiger partial charge in [0, 0.05) is 17.3 Å². The van der Waals surface area contributed by atoms with Crippen molar-refractivity contribution in [3.05, 3.63) is 64.7 Å². The smallest absolute Gasteiger partial charge is 0.233 e. The molecule has 5 heteroatoms. The molecule has 2 N–H and O–H groups in total. The number of hydrogen-bond acceptors (Lipinski definition) is 2. The third-order valence-electron chi connectivity index (χ3n) is 3.44. The molecule has 0 atom stereocenters. The fourth-order valence-electron chi connectivity index (χ4n) is 2.14. The van der Waals surface area contributed by atoms with Crippen molar-refractivity contribution >= 4 is 29.1 Å². The van der Waals surface area contributed by atoms with Crippen molar-refractivity contribution < 1.29 is 9.59 Å². The van der Waals surface area contributed by atoms with Crippen LogP contribution < -0.4 is 10.6 Å². The maximum Gasteiger partial charge on any atom is 0.233 e. The molecule has 0 heterocycles. The van der Waals surface area contributed by atoms with Crippen LogP contribution in [0.2, 0.25) is 5.02 Å². The second-order valence-electron chi connectivity index (χ2n) is 5.22. The first-order valence-corrected chi connectivity index (χ1v) is 7.79. The molecule has 0 aromatic heterocycles. The van der Waals surface area contributed by atoms with E-state index in [9.17, 15) is 9.59 Å². The van der Waals surface area contributed by atoms with Crippen molar-refractivity contribution in [1.29, 1.82) is 0 Å². The lowest BCUT2D eigenvalue weighted by Gasteiger charge is -2.09. The topological polar surface area (TPSA) is 58.2 Å². The van der Waals surface area contributed by atoms with Gasteiger partial charge < -0.3 is 10.6 Å². The number of amides is 2. The quantitative estimate of drug-likeness (QED) is 0.798. The first-order valence-electron chi connectivity index (χ1n) is 7.42. The predicted octanol–water partition coefficient (Wildman–Crippen LogP) is 3.34. The van der Waals surface area contributed by atoms with Gasteiger partial charge in [0.1, 0.15) is 6.42 Å². The van der Waals surface area contributed by atoms with E-state index >= 15 is 0 Å². The molecule has 2 aromatic rings. The van der Waals surface area contributed by atoms with Gasteiger partial charge in [0.15, 0.2) is 0 Å². The van der Waals surface area contributed by atoms with Crippen LogP contribution in [0.1, 0.15) is 17.5 Å². The van der Waals surface area contributed by atoms with Crippen LogP contribution in [0.5, 0.6) is 0 Å². The number of hydrogen-bond donors (Lipinski definition) is 2. The van der Waals surface area contributed by atoms with Gasteiger partial charge in [0.25, 0.3) is 0 Å². The van der Waals surface area contributed by atoms with Crippen molar-refractivity contribution in [2.75, 3.05) is 11.9 Å². The van der Waals surface area contributed by atoms with E-state index in [1.165, 1.54) is 0 Å². The molecule has 0 fully saturated rings. The van der Waals surface area contributed by atoms with Gasteiger partial charge in [-0.05, 0) is 36.6 Å². The van der Waals surface area contributed by atoms with Crippen molar-refractivity contribution in [1.82, 2.24) is 5.32 Å². The second-order valence-corrected chi connectivity index (χ2v) is 5.63. The monoisotopic (exact) mass is 330 g/mol. The zero-order valence-electron chi connectivity index (χ0n) is 12.9. The minimum atomic E-state index is -0.354. The minimum Gasteiger partial charge on any atom is -0.355 e. The van der Waals surface area contributed by atoms with Crippen LogP contribution >= 0.6 is 11.6 Å². The molecule has 0 unspecified atom stereocenters. The molecule has 0 bridgehead atoms. The number of carbonyl (C=O) groups is 2. The normalized spacial score (nSPS) is 10.2. The Morgan fingerprint density at radius 2 is 1.74 bits per heavy atom. The van der Waals surface area contributed by atoms with Gasteiger partial charge in [-0.1, -0.05) is 48.0 Å². The van der Waals surface area contributed by atoms with E-state index in [-0.39, 0.29) is 18.2 Å². The summed E-state index contributed by atoms with van der Waals surface area (Å²) in [6, 6.07) is 15.1. The van der Waals surface area contributed by atoms with Crippen LogP contribution in [-0.4, -0.2) is 18.4 Å². The number of rotatable bonds is 6. The molecule has 0 aliphatic carbocycles. The molecular weight excluding hydrogens is 312 g/mol. The highest BCUT2D eigenvalue weighted by atomic mass is 35.5. The van der Waals surface area contributed by atoms with E-state index in [0.29, 0.717) is 17.3 Å². The average molecular weight is 331 g/mol. The van der Waals surface area contributed by atoms with Crippen LogP contribution in [0, 0.1) is 6.92 Å². The Bertz CT molecular complexity index is 687. The Labute approximate surface area is 140 Å². The third-order valence-corrected chi connectivity index (χ3v) is 3.85. The summed E-state index contributed by atoms with van der Waals surface area (Å²) in [4.78, 5) is 23.7. The predicted molar refractivity (Wildman–Crippen MR) is 92.6 cm³/mol. The van der Waals surface area contributed by atoms with Gasteiger partial charge in [0.05, 0.1) is 0 Å². The van der Waals surface area contributed by atoms with Gasteiger partial charge in [-0.2, -0.15) is 0 Å². The largest absolute Gasteiger partial charge is 0.355 e. The first kappa shape index (κ1) is 17.0. The Hall–Kier alpha value is -2.33. The summed E-state index contributed by atoms with van der Waals surface area (Å²) >= 11 is 6.00. The molecule has 2 amide bonds. The van der Waals surface area contributed by atoms with E-state index in [1.54, 1.807) is 18.2 Å². The van der Waals surface area contributed by atoms with Crippen LogP contribution in [0.15, 0.2) is 48.5 Å². The van der Waals surface area contributed by atoms with Gasteiger partial charge >= 0.3 is 0 Å². The fraction of sp³-hybridized carbons (Fsp3) is 0.222. The fourth-order valence-corrected chi connectivity index (χ4v) is 2.31. The lowest BCUT2D eigenvalue weighted by Crippen LogP contribution is -2.29. The summed E-state index contributed by atoms with van der Waals surface area (Å²) in [6.45, 7) is 2.32. The first-order chi connectivity index (χ1) is 11.1. The van der Waals surface area contributed by atoms with Crippen molar-refractivity contribution in [2.24, 2.45) is 0 Å². The Kier molecular flexibility index (Phi) is 6.18. The van der Waals surface area contributed by atoms with Crippen LogP contribution in [0.4, 0.5) is 5.69 Å². The zero-order chi connectivity index (χ0) is 16.7. The van der Waals surface area contributed by atoms with E-state index in [2.05, 4.69) is 10.6 Å². The number of carbonyl (C=O) groups excluding carboxylic acids is 2. The summed E-state index contributed by atoms with van der Waals surface area (Å²) < 4.78 is 0. The molecule has 120 valence electrons. The van der Waals surface area contributed by atoms with E-state index in [1.807, 2.05) is 37.3 Å². The summed E-state index contributed by atoms with van der Waals surface area (Å²) in [5.41, 5.74) is 2.55. The number of halogens is 1. The highest BCUT2D eigenvalue weighted by Crippen LogP contribution is 2.22. The number of anilines is 1. The van der Waals surface area contributed by atoms with E-state index in [4.69, 9.17) is 11.6 Å². The molecule has 0 aliphatic rings. The highest BCUT2D eigenvalue weighted by molar-refractivity contribution is 6.31. The van der Waals surface area contributed by atoms with Crippen LogP contribution in [-0.2, 0) is 16.0 Å². The van der Waals surface area contributed by atoms with Crippen molar-refractivity contribution in [3.8, 4) is 0 Å². The summed E-state index contributed by atoms with van der Waals surface area (Å²) in [7, 11) is 0. The average Bonchev–Trinajstić information content (AvgIpc) is 2.53. The van der Waals surface area contributed by atoms with E-state index in [0.717, 1.165) is 17.5 Å². The third kappa shape index (κ3) is 5.42. The van der Waals surface area contributed by atoms with Gasteiger partial charge in [-0.15, -0.1) is 0 Å². The molecular formula is C18H19ClN2O2. The van der Waals surface area contributed by atoms with Gasteiger partial charge in [-0.25, -0.2) is 0 Å². The number of nitrogens with one attached hydrogen (secondary N) is 2. The molecule has 0 radical (unpaired) electrons. The molecule has 2 aromatic carbocycles. The Balaban J connectivity index is 1.76. The SMILES string of the molecule is Cc1c(Cl)cccc1NC(=O)CC(=O)NCCc1ccccc1. The summed E-state index contributed by atoms with van der Waals surface area (Å²) in [5, 5.41) is 6.03. The molecule has 0 saturated heterocycles. The van der Waals surface area contributed by atoms with Crippen molar-refractivity contribution in [2.45, 2.75) is 19.8 Å². The van der Waals surface area contributed by atoms with Gasteiger partial charge in [0.2, 0.25) is 11.8 Å². The Morgan fingerprint density at radius 3 is 2.48 bits per heavy atom. The second kappa shape index (κ2) is 8.34. The molecule has 0 saturated carbocycles. The molecule has 4 nitrogen and oxygen atoms in total. The molecule has 2 rings (SSSR count). The molecule has 0 spiro atoms. The number of benzene rings is 2. The summed E-state index contributed by atoms with van der Waals surface area (Å²) in [5.74, 6) is -0.648. The molecule has 0 aliphatic heterocycles. The van der Waals surface area contributed by atoms with E-state index < -0.39 is 0 Å². The molecule has 23 heavy (non-hydrogen) atoms. The zero-order valence-corrected chi connectivity index (χ0v) is 13.7. The van der Waals surface area contributed by atoms with Crippen LogP contribution in [0.3, 0.4) is 0 Å². The Morgan fingerprint density at radius 1 is 1.00 bits per heavy atom. The van der Waals surface area contributed by atoms with Crippen molar-refractivity contribution in [3.63, 3.8) is 0 Å².